The Morgan fingerprint density at radius 3 is 2.53 bits per heavy atom. The zero-order valence-electron chi connectivity index (χ0n) is 10.9. The Kier molecular flexibility index (Phi) is 3.89. The quantitative estimate of drug-likeness (QED) is 0.788. The number of rotatable bonds is 2. The molecule has 1 aliphatic heterocycles. The maximum Gasteiger partial charge on any atom is 0.0329 e. The number of hydrogen-bond donors (Lipinski definition) is 1. The molecule has 1 aliphatic carbocycles. The van der Waals surface area contributed by atoms with Crippen molar-refractivity contribution < 1.29 is 0 Å². The summed E-state index contributed by atoms with van der Waals surface area (Å²) in [6, 6.07) is 0.741. The molecule has 1 saturated heterocycles. The van der Waals surface area contributed by atoms with Gasteiger partial charge in [0.1, 0.15) is 0 Å². The molecule has 0 spiro atoms. The van der Waals surface area contributed by atoms with Gasteiger partial charge in [-0.1, -0.05) is 12.2 Å². The lowest BCUT2D eigenvalue weighted by atomic mass is 10.0. The first-order valence-electron chi connectivity index (χ1n) is 6.42. The van der Waals surface area contributed by atoms with Gasteiger partial charge in [0.05, 0.1) is 0 Å². The van der Waals surface area contributed by atoms with E-state index in [0.717, 1.165) is 31.2 Å². The number of nitrogens with two attached hydrogens (primary N) is 1. The van der Waals surface area contributed by atoms with E-state index in [1.54, 1.807) is 0 Å². The molecule has 2 rings (SSSR count). The Labute approximate surface area is 104 Å². The molecule has 2 N–H and O–H groups in total. The van der Waals surface area contributed by atoms with E-state index in [-0.39, 0.29) is 0 Å². The van der Waals surface area contributed by atoms with Crippen LogP contribution in [0.3, 0.4) is 0 Å². The SMILES string of the molecule is CN(C)C1CCN(C2=CCC=C(N)C=C2)CC1. The molecular formula is C14H23N3. The average Bonchev–Trinajstić information content (AvgIpc) is 2.54. The maximum atomic E-state index is 5.80. The fraction of sp³-hybridized carbons (Fsp3) is 0.571. The predicted octanol–water partition coefficient (Wildman–Crippen LogP) is 1.70. The summed E-state index contributed by atoms with van der Waals surface area (Å²) in [6.45, 7) is 2.30. The third kappa shape index (κ3) is 3.13. The molecule has 17 heavy (non-hydrogen) atoms. The van der Waals surface area contributed by atoms with Crippen LogP contribution in [0.2, 0.25) is 0 Å². The van der Waals surface area contributed by atoms with Crippen molar-refractivity contribution >= 4 is 0 Å². The molecule has 0 aromatic rings. The van der Waals surface area contributed by atoms with Gasteiger partial charge >= 0.3 is 0 Å². The van der Waals surface area contributed by atoms with Gasteiger partial charge in [-0.3, -0.25) is 0 Å². The lowest BCUT2D eigenvalue weighted by Gasteiger charge is -2.37. The van der Waals surface area contributed by atoms with Crippen molar-refractivity contribution in [3.05, 3.63) is 35.7 Å². The molecular weight excluding hydrogens is 210 g/mol. The summed E-state index contributed by atoms with van der Waals surface area (Å²) in [5, 5.41) is 0. The highest BCUT2D eigenvalue weighted by atomic mass is 15.2. The van der Waals surface area contributed by atoms with E-state index in [0.29, 0.717) is 0 Å². The molecule has 0 radical (unpaired) electrons. The Morgan fingerprint density at radius 2 is 1.88 bits per heavy atom. The highest BCUT2D eigenvalue weighted by Crippen LogP contribution is 2.20. The fourth-order valence-corrected chi connectivity index (χ4v) is 2.51. The van der Waals surface area contributed by atoms with E-state index in [9.17, 15) is 0 Å². The number of likely N-dealkylation sites (tertiary alicyclic amines) is 1. The van der Waals surface area contributed by atoms with Gasteiger partial charge in [-0.25, -0.2) is 0 Å². The second kappa shape index (κ2) is 5.41. The number of nitrogens with zero attached hydrogens (tertiary/aromatic N) is 2. The second-order valence-corrected chi connectivity index (χ2v) is 5.08. The van der Waals surface area contributed by atoms with Crippen molar-refractivity contribution in [3.8, 4) is 0 Å². The smallest absolute Gasteiger partial charge is 0.0329 e. The molecule has 94 valence electrons. The summed E-state index contributed by atoms with van der Waals surface area (Å²) in [5.74, 6) is 0. The van der Waals surface area contributed by atoms with Crippen LogP contribution in [0, 0.1) is 0 Å². The largest absolute Gasteiger partial charge is 0.399 e. The number of allylic oxidation sites excluding steroid dienone is 4. The normalized spacial score (nSPS) is 22.4. The highest BCUT2D eigenvalue weighted by molar-refractivity contribution is 5.30. The van der Waals surface area contributed by atoms with Crippen LogP contribution < -0.4 is 5.73 Å². The van der Waals surface area contributed by atoms with Gasteiger partial charge in [0.15, 0.2) is 0 Å². The van der Waals surface area contributed by atoms with Crippen LogP contribution in [0.25, 0.3) is 0 Å². The van der Waals surface area contributed by atoms with Gasteiger partial charge < -0.3 is 15.5 Å². The average molecular weight is 233 g/mol. The van der Waals surface area contributed by atoms with Crippen molar-refractivity contribution in [1.29, 1.82) is 0 Å². The van der Waals surface area contributed by atoms with Crippen LogP contribution >= 0.6 is 0 Å². The van der Waals surface area contributed by atoms with E-state index >= 15 is 0 Å². The van der Waals surface area contributed by atoms with Gasteiger partial charge in [-0.05, 0) is 45.5 Å². The zero-order chi connectivity index (χ0) is 12.3. The minimum Gasteiger partial charge on any atom is -0.399 e. The van der Waals surface area contributed by atoms with Crippen LogP contribution in [0.1, 0.15) is 19.3 Å². The van der Waals surface area contributed by atoms with Crippen LogP contribution in [0.5, 0.6) is 0 Å². The third-order valence-corrected chi connectivity index (χ3v) is 3.69. The number of piperidine rings is 1. The van der Waals surface area contributed by atoms with Crippen molar-refractivity contribution in [2.24, 2.45) is 5.73 Å². The predicted molar refractivity (Wildman–Crippen MR) is 72.4 cm³/mol. The highest BCUT2D eigenvalue weighted by Gasteiger charge is 2.21. The van der Waals surface area contributed by atoms with E-state index < -0.39 is 0 Å². The van der Waals surface area contributed by atoms with Gasteiger partial charge in [0, 0.05) is 30.5 Å². The molecule has 0 aromatic carbocycles. The lowest BCUT2D eigenvalue weighted by Crippen LogP contribution is -2.41. The monoisotopic (exact) mass is 233 g/mol. The molecule has 3 heteroatoms. The maximum absolute atomic E-state index is 5.80. The summed E-state index contributed by atoms with van der Waals surface area (Å²) in [5.41, 5.74) is 8.01. The minimum atomic E-state index is 0.741. The van der Waals surface area contributed by atoms with Crippen LogP contribution in [0.15, 0.2) is 35.7 Å². The zero-order valence-corrected chi connectivity index (χ0v) is 10.9. The van der Waals surface area contributed by atoms with Crippen LogP contribution in [-0.4, -0.2) is 43.0 Å². The first-order chi connectivity index (χ1) is 8.16. The molecule has 2 aliphatic rings. The van der Waals surface area contributed by atoms with E-state index in [1.807, 2.05) is 6.08 Å². The van der Waals surface area contributed by atoms with Crippen LogP contribution in [0.4, 0.5) is 0 Å². The van der Waals surface area contributed by atoms with Crippen molar-refractivity contribution in [2.75, 3.05) is 27.2 Å². The molecule has 0 atom stereocenters. The molecule has 1 fully saturated rings. The van der Waals surface area contributed by atoms with Gasteiger partial charge in [-0.15, -0.1) is 0 Å². The van der Waals surface area contributed by atoms with E-state index in [4.69, 9.17) is 5.73 Å². The Morgan fingerprint density at radius 1 is 1.18 bits per heavy atom. The Hall–Kier alpha value is -1.22. The van der Waals surface area contributed by atoms with Crippen molar-refractivity contribution in [3.63, 3.8) is 0 Å². The summed E-state index contributed by atoms with van der Waals surface area (Å²) in [4.78, 5) is 4.82. The summed E-state index contributed by atoms with van der Waals surface area (Å²) in [6.07, 6.45) is 11.9. The standard InChI is InChI=1S/C14H23N3/c1-16(2)13-8-10-17(11-9-13)14-5-3-4-12(15)6-7-14/h4-7,13H,3,8-11,15H2,1-2H3. The van der Waals surface area contributed by atoms with Gasteiger partial charge in [0.2, 0.25) is 0 Å². The summed E-state index contributed by atoms with van der Waals surface area (Å²) >= 11 is 0. The van der Waals surface area contributed by atoms with E-state index in [2.05, 4.69) is 42.1 Å². The summed E-state index contributed by atoms with van der Waals surface area (Å²) < 4.78 is 0. The Balaban J connectivity index is 1.93. The molecule has 0 saturated carbocycles. The number of hydrogen-bond acceptors (Lipinski definition) is 3. The fourth-order valence-electron chi connectivity index (χ4n) is 2.51. The third-order valence-electron chi connectivity index (χ3n) is 3.69. The minimum absolute atomic E-state index is 0.741. The summed E-state index contributed by atoms with van der Waals surface area (Å²) in [7, 11) is 4.35. The molecule has 0 bridgehead atoms. The van der Waals surface area contributed by atoms with Gasteiger partial charge in [-0.2, -0.15) is 0 Å². The topological polar surface area (TPSA) is 32.5 Å². The lowest BCUT2D eigenvalue weighted by molar-refractivity contribution is 0.173. The van der Waals surface area contributed by atoms with Gasteiger partial charge in [0.25, 0.3) is 0 Å². The molecule has 0 unspecified atom stereocenters. The molecule has 0 aromatic heterocycles. The molecule has 0 amide bonds. The van der Waals surface area contributed by atoms with Crippen molar-refractivity contribution in [2.45, 2.75) is 25.3 Å². The Bertz CT molecular complexity index is 344. The molecule has 1 heterocycles. The van der Waals surface area contributed by atoms with Crippen molar-refractivity contribution in [1.82, 2.24) is 9.80 Å². The first-order valence-corrected chi connectivity index (χ1v) is 6.42. The van der Waals surface area contributed by atoms with E-state index in [1.165, 1.54) is 18.5 Å². The van der Waals surface area contributed by atoms with Crippen LogP contribution in [-0.2, 0) is 0 Å². The second-order valence-electron chi connectivity index (χ2n) is 5.08. The first kappa shape index (κ1) is 12.2. The molecule has 3 nitrogen and oxygen atoms in total.